The smallest absolute Gasteiger partial charge is 0.0690 e. The number of aromatic amines is 1. The molecule has 0 aliphatic rings. The minimum absolute atomic E-state index is 0. The van der Waals surface area contributed by atoms with E-state index in [1.54, 1.807) is 12.4 Å². The molecule has 4 heteroatoms. The molecular formula is C2H3N3Tc. The Balaban J connectivity index is 0.000000250. The van der Waals surface area contributed by atoms with Gasteiger partial charge >= 0.3 is 0 Å². The minimum Gasteiger partial charge on any atom is -0.198 e. The third kappa shape index (κ3) is 1.29. The predicted octanol–water partition coefficient (Wildman–Crippen LogP) is -0.198. The zero-order valence-electron chi connectivity index (χ0n) is 2.93. The monoisotopic (exact) mass is 166 g/mol. The number of aromatic nitrogens is 3. The summed E-state index contributed by atoms with van der Waals surface area (Å²) in [6.45, 7) is 0. The van der Waals surface area contributed by atoms with Crippen LogP contribution in [0.2, 0.25) is 0 Å². The van der Waals surface area contributed by atoms with Crippen molar-refractivity contribution in [3.63, 3.8) is 0 Å². The van der Waals surface area contributed by atoms with Crippen molar-refractivity contribution < 1.29 is 20.1 Å². The van der Waals surface area contributed by atoms with Crippen molar-refractivity contribution in [1.82, 2.24) is 15.4 Å². The van der Waals surface area contributed by atoms with E-state index in [2.05, 4.69) is 15.4 Å². The molecule has 0 spiro atoms. The third-order valence-corrected chi connectivity index (χ3v) is 0.331. The summed E-state index contributed by atoms with van der Waals surface area (Å²) >= 11 is 0. The Morgan fingerprint density at radius 1 is 1.17 bits per heavy atom. The molecular weight excluding hydrogens is 164 g/mol. The van der Waals surface area contributed by atoms with Gasteiger partial charge in [0.05, 0.1) is 12.4 Å². The number of hydrogen-bond acceptors (Lipinski definition) is 2. The maximum absolute atomic E-state index is 3.49. The Hall–Kier alpha value is -0.211. The molecule has 3 nitrogen and oxygen atoms in total. The summed E-state index contributed by atoms with van der Waals surface area (Å²) < 4.78 is 0. The van der Waals surface area contributed by atoms with Gasteiger partial charge in [0.1, 0.15) is 0 Å². The maximum atomic E-state index is 3.49. The predicted molar refractivity (Wildman–Crippen MR) is 16.4 cm³/mol. The molecule has 0 saturated heterocycles. The van der Waals surface area contributed by atoms with Gasteiger partial charge in [-0.1, -0.05) is 0 Å². The van der Waals surface area contributed by atoms with Crippen LogP contribution in [0.3, 0.4) is 0 Å². The minimum atomic E-state index is 0. The fourth-order valence-electron chi connectivity index (χ4n) is 0.167. The largest absolute Gasteiger partial charge is 0.198 e. The third-order valence-electron chi connectivity index (χ3n) is 0.331. The molecule has 1 aromatic rings. The number of H-pyrrole nitrogens is 1. The molecule has 0 bridgehead atoms. The van der Waals surface area contributed by atoms with Gasteiger partial charge in [-0.15, -0.1) is 0 Å². The van der Waals surface area contributed by atoms with Gasteiger partial charge in [-0.05, 0) is 0 Å². The summed E-state index contributed by atoms with van der Waals surface area (Å²) in [6, 6.07) is 0. The van der Waals surface area contributed by atoms with E-state index in [0.717, 1.165) is 0 Å². The standard InChI is InChI=1S/C2H3N3.Tc/c1-2-4-5-3-1;/h1-2H,(H,3,4,5);. The van der Waals surface area contributed by atoms with Crippen LogP contribution < -0.4 is 0 Å². The molecule has 1 heterocycles. The molecule has 0 aliphatic carbocycles. The van der Waals surface area contributed by atoms with Crippen molar-refractivity contribution >= 4 is 0 Å². The zero-order valence-corrected chi connectivity index (χ0v) is 4.79. The molecule has 0 amide bonds. The van der Waals surface area contributed by atoms with Crippen LogP contribution in [0.25, 0.3) is 0 Å². The Kier molecular flexibility index (Phi) is 2.89. The molecule has 1 rings (SSSR count). The Labute approximate surface area is 48.5 Å². The van der Waals surface area contributed by atoms with E-state index < -0.39 is 0 Å². The summed E-state index contributed by atoms with van der Waals surface area (Å²) in [5.74, 6) is 0. The number of nitrogens with one attached hydrogen (secondary N) is 1. The summed E-state index contributed by atoms with van der Waals surface area (Å²) in [4.78, 5) is 0. The number of nitrogens with zero attached hydrogens (tertiary/aromatic N) is 2. The van der Waals surface area contributed by atoms with E-state index in [-0.39, 0.29) is 20.1 Å². The van der Waals surface area contributed by atoms with Gasteiger partial charge in [0.2, 0.25) is 0 Å². The SMILES string of the molecule is [Tc].c1cn[nH]n1. The van der Waals surface area contributed by atoms with Gasteiger partial charge < -0.3 is 0 Å². The molecule has 33 valence electrons. The van der Waals surface area contributed by atoms with Gasteiger partial charge in [-0.25, -0.2) is 0 Å². The first-order chi connectivity index (χ1) is 2.50. The second-order valence-corrected chi connectivity index (χ2v) is 0.656. The average molecular weight is 167 g/mol. The fourth-order valence-corrected chi connectivity index (χ4v) is 0.167. The van der Waals surface area contributed by atoms with Crippen LogP contribution >= 0.6 is 0 Å². The molecule has 1 aromatic heterocycles. The van der Waals surface area contributed by atoms with Crippen molar-refractivity contribution in [1.29, 1.82) is 0 Å². The molecule has 0 unspecified atom stereocenters. The van der Waals surface area contributed by atoms with Gasteiger partial charge in [0.15, 0.2) is 0 Å². The van der Waals surface area contributed by atoms with Gasteiger partial charge in [0, 0.05) is 20.1 Å². The second-order valence-electron chi connectivity index (χ2n) is 0.656. The quantitative estimate of drug-likeness (QED) is 0.581. The normalized spacial score (nSPS) is 6.67. The Morgan fingerprint density at radius 2 is 1.67 bits per heavy atom. The number of hydrogen-bond donors (Lipinski definition) is 1. The first-order valence-electron chi connectivity index (χ1n) is 1.30. The first-order valence-corrected chi connectivity index (χ1v) is 1.30. The molecule has 0 aromatic carbocycles. The van der Waals surface area contributed by atoms with Crippen molar-refractivity contribution in [3.8, 4) is 0 Å². The van der Waals surface area contributed by atoms with Crippen molar-refractivity contribution in [2.75, 3.05) is 0 Å². The van der Waals surface area contributed by atoms with Crippen LogP contribution in [0.15, 0.2) is 12.4 Å². The molecule has 6 heavy (non-hydrogen) atoms. The van der Waals surface area contributed by atoms with Crippen LogP contribution in [0.4, 0.5) is 0 Å². The molecule has 1 N–H and O–H groups in total. The Morgan fingerprint density at radius 3 is 1.83 bits per heavy atom. The second kappa shape index (κ2) is 3.00. The van der Waals surface area contributed by atoms with Crippen molar-refractivity contribution in [2.24, 2.45) is 0 Å². The summed E-state index contributed by atoms with van der Waals surface area (Å²) in [7, 11) is 0. The molecule has 0 saturated carbocycles. The van der Waals surface area contributed by atoms with Crippen LogP contribution in [-0.2, 0) is 20.1 Å². The van der Waals surface area contributed by atoms with Gasteiger partial charge in [-0.3, -0.25) is 0 Å². The van der Waals surface area contributed by atoms with Gasteiger partial charge in [-0.2, -0.15) is 15.4 Å². The van der Waals surface area contributed by atoms with Crippen LogP contribution in [0, 0.1) is 0 Å². The summed E-state index contributed by atoms with van der Waals surface area (Å²) in [5.41, 5.74) is 0. The fraction of sp³-hybridized carbons (Fsp3) is 0. The van der Waals surface area contributed by atoms with E-state index in [1.807, 2.05) is 0 Å². The summed E-state index contributed by atoms with van der Waals surface area (Å²) in [6.07, 6.45) is 3.17. The van der Waals surface area contributed by atoms with Gasteiger partial charge in [0.25, 0.3) is 0 Å². The molecule has 0 fully saturated rings. The Bertz CT molecular complexity index is 65.3. The first kappa shape index (κ1) is 5.79. The molecule has 1 radical (unpaired) electrons. The number of rotatable bonds is 0. The maximum Gasteiger partial charge on any atom is 0.0690 e. The van der Waals surface area contributed by atoms with Crippen LogP contribution in [0.5, 0.6) is 0 Å². The topological polar surface area (TPSA) is 41.6 Å². The molecule has 0 aliphatic heterocycles. The van der Waals surface area contributed by atoms with E-state index >= 15 is 0 Å². The van der Waals surface area contributed by atoms with E-state index in [0.29, 0.717) is 0 Å². The summed E-state index contributed by atoms with van der Waals surface area (Å²) in [5, 5.41) is 9.33. The van der Waals surface area contributed by atoms with Crippen LogP contribution in [0.1, 0.15) is 0 Å². The average Bonchev–Trinajstić information content (AvgIpc) is 1.76. The van der Waals surface area contributed by atoms with Crippen LogP contribution in [-0.4, -0.2) is 15.4 Å². The van der Waals surface area contributed by atoms with E-state index in [9.17, 15) is 0 Å². The zero-order chi connectivity index (χ0) is 3.54. The van der Waals surface area contributed by atoms with Crippen molar-refractivity contribution in [2.45, 2.75) is 0 Å². The molecule has 0 atom stereocenters. The van der Waals surface area contributed by atoms with Crippen molar-refractivity contribution in [3.05, 3.63) is 12.4 Å². The van der Waals surface area contributed by atoms with E-state index in [4.69, 9.17) is 0 Å². The van der Waals surface area contributed by atoms with E-state index in [1.165, 1.54) is 0 Å².